The van der Waals surface area contributed by atoms with E-state index in [4.69, 9.17) is 10.3 Å². The van der Waals surface area contributed by atoms with E-state index in [0.29, 0.717) is 55.7 Å². The summed E-state index contributed by atoms with van der Waals surface area (Å²) in [6.45, 7) is 1.20. The Labute approximate surface area is 213 Å². The number of primary amides is 1. The van der Waals surface area contributed by atoms with Gasteiger partial charge in [0.2, 0.25) is 11.8 Å². The van der Waals surface area contributed by atoms with E-state index in [1.54, 1.807) is 29.2 Å². The minimum Gasteiger partial charge on any atom is -0.366 e. The fourth-order valence-electron chi connectivity index (χ4n) is 7.35. The van der Waals surface area contributed by atoms with Crippen molar-refractivity contribution in [2.45, 2.75) is 82.2 Å². The van der Waals surface area contributed by atoms with Crippen LogP contribution in [0, 0.1) is 16.7 Å². The van der Waals surface area contributed by atoms with Crippen molar-refractivity contribution < 1.29 is 27.3 Å². The van der Waals surface area contributed by atoms with Gasteiger partial charge in [0.15, 0.2) is 5.82 Å². The van der Waals surface area contributed by atoms with Gasteiger partial charge >= 0.3 is 5.92 Å². The molecule has 1 atom stereocenters. The van der Waals surface area contributed by atoms with Crippen LogP contribution in [0.3, 0.4) is 0 Å². The molecule has 1 unspecified atom stereocenters. The average molecular weight is 517 g/mol. The summed E-state index contributed by atoms with van der Waals surface area (Å²) in [5.41, 5.74) is 5.19. The number of rotatable bonds is 7. The minimum atomic E-state index is -3.19. The third-order valence-electron chi connectivity index (χ3n) is 9.72. The van der Waals surface area contributed by atoms with Crippen LogP contribution in [0.1, 0.15) is 86.8 Å². The second-order valence-electron chi connectivity index (χ2n) is 12.1. The van der Waals surface area contributed by atoms with Crippen molar-refractivity contribution in [1.29, 1.82) is 0 Å². The van der Waals surface area contributed by atoms with Crippen LogP contribution in [0.5, 0.6) is 0 Å². The van der Waals surface area contributed by atoms with E-state index in [1.165, 1.54) is 0 Å². The first-order valence-electron chi connectivity index (χ1n) is 13.0. The van der Waals surface area contributed by atoms with Crippen LogP contribution in [0.2, 0.25) is 0 Å². The molecule has 0 radical (unpaired) electrons. The van der Waals surface area contributed by atoms with Crippen LogP contribution < -0.4 is 10.6 Å². The maximum atomic E-state index is 14.4. The van der Waals surface area contributed by atoms with Gasteiger partial charge in [0.1, 0.15) is 6.17 Å². The van der Waals surface area contributed by atoms with Crippen molar-refractivity contribution in [1.82, 2.24) is 10.1 Å². The first-order valence-corrected chi connectivity index (χ1v) is 13.0. The topological polar surface area (TPSA) is 102 Å². The Balaban J connectivity index is 1.26. The SMILES string of the molecule is CC(F)(F)c1nc(C23CCC(CN(C(=O)C45CC(F)C(C4)C5)c4cccc(C(N)=O)c4)(CC2)CC3)no1. The van der Waals surface area contributed by atoms with Gasteiger partial charge in [-0.15, -0.1) is 0 Å². The molecule has 4 bridgehead atoms. The zero-order valence-corrected chi connectivity index (χ0v) is 20.8. The van der Waals surface area contributed by atoms with Gasteiger partial charge in [-0.3, -0.25) is 9.59 Å². The number of alkyl halides is 3. The van der Waals surface area contributed by atoms with E-state index in [9.17, 15) is 22.8 Å². The van der Waals surface area contributed by atoms with Crippen LogP contribution in [-0.2, 0) is 16.1 Å². The van der Waals surface area contributed by atoms with Gasteiger partial charge in [0, 0.05) is 30.1 Å². The monoisotopic (exact) mass is 516 g/mol. The number of hydrogen-bond acceptors (Lipinski definition) is 5. The zero-order chi connectivity index (χ0) is 26.2. The lowest BCUT2D eigenvalue weighted by molar-refractivity contribution is -0.132. The first kappa shape index (κ1) is 24.4. The Morgan fingerprint density at radius 2 is 1.81 bits per heavy atom. The molecule has 1 heterocycles. The Kier molecular flexibility index (Phi) is 5.31. The predicted molar refractivity (Wildman–Crippen MR) is 128 cm³/mol. The van der Waals surface area contributed by atoms with Crippen molar-refractivity contribution in [3.8, 4) is 0 Å². The number of fused-ring (bicyclic) bond motifs is 4. The lowest BCUT2D eigenvalue weighted by atomic mass is 9.53. The quantitative estimate of drug-likeness (QED) is 0.555. The Hall–Kier alpha value is -2.91. The summed E-state index contributed by atoms with van der Waals surface area (Å²) in [4.78, 5) is 31.7. The molecule has 1 aromatic carbocycles. The Bertz CT molecular complexity index is 1220. The lowest BCUT2D eigenvalue weighted by Gasteiger charge is -2.54. The number of carbonyl (C=O) groups is 2. The number of anilines is 1. The number of nitrogens with two attached hydrogens (primary N) is 1. The minimum absolute atomic E-state index is 0.0405. The van der Waals surface area contributed by atoms with E-state index in [1.807, 2.05) is 0 Å². The van der Waals surface area contributed by atoms with Crippen LogP contribution in [0.4, 0.5) is 18.9 Å². The zero-order valence-electron chi connectivity index (χ0n) is 20.8. The molecule has 2 amide bonds. The van der Waals surface area contributed by atoms with Crippen molar-refractivity contribution in [2.75, 3.05) is 11.4 Å². The fraction of sp³-hybridized carbons (Fsp3) is 0.630. The van der Waals surface area contributed by atoms with Gasteiger partial charge < -0.3 is 15.2 Å². The Morgan fingerprint density at radius 1 is 1.14 bits per heavy atom. The summed E-state index contributed by atoms with van der Waals surface area (Å²) in [5, 5.41) is 3.92. The van der Waals surface area contributed by atoms with Gasteiger partial charge in [0.05, 0.1) is 5.41 Å². The largest absolute Gasteiger partial charge is 0.366 e. The summed E-state index contributed by atoms with van der Waals surface area (Å²) in [6.07, 6.45) is 4.91. The number of amides is 2. The van der Waals surface area contributed by atoms with Crippen LogP contribution in [0.15, 0.2) is 28.8 Å². The summed E-state index contributed by atoms with van der Waals surface area (Å²) < 4.78 is 46.7. The molecule has 6 fully saturated rings. The molecular formula is C27H31F3N4O3. The van der Waals surface area contributed by atoms with Crippen molar-refractivity contribution >= 4 is 17.5 Å². The molecule has 6 saturated carbocycles. The molecule has 198 valence electrons. The van der Waals surface area contributed by atoms with Crippen molar-refractivity contribution in [2.24, 2.45) is 22.5 Å². The highest BCUT2D eigenvalue weighted by atomic mass is 19.3. The molecule has 2 aromatic rings. The van der Waals surface area contributed by atoms with Crippen molar-refractivity contribution in [3.63, 3.8) is 0 Å². The van der Waals surface area contributed by atoms with Gasteiger partial charge in [0.25, 0.3) is 5.89 Å². The molecule has 10 heteroatoms. The van der Waals surface area contributed by atoms with E-state index in [0.717, 1.165) is 26.2 Å². The standard InChI is InChI=1S/C27H31F3N4O3/c1-24(29,30)22-32-21(33-37-22)26-8-5-25(6-9-26,7-10-26)15-34(18-4-2-3-16(11-18)20(31)35)23(36)27-12-17(13-27)19(28)14-27/h2-4,11,17,19H,5-10,12-15H2,1H3,(H2,31,35). The highest BCUT2D eigenvalue weighted by Crippen LogP contribution is 2.62. The highest BCUT2D eigenvalue weighted by molar-refractivity contribution is 6.00. The smallest absolute Gasteiger partial charge is 0.322 e. The molecule has 37 heavy (non-hydrogen) atoms. The highest BCUT2D eigenvalue weighted by Gasteiger charge is 2.62. The second kappa shape index (κ2) is 8.04. The number of nitrogens with zero attached hydrogens (tertiary/aromatic N) is 3. The summed E-state index contributed by atoms with van der Waals surface area (Å²) >= 11 is 0. The van der Waals surface area contributed by atoms with E-state index < -0.39 is 34.7 Å². The molecule has 2 N–H and O–H groups in total. The van der Waals surface area contributed by atoms with Crippen LogP contribution >= 0.6 is 0 Å². The molecule has 0 spiro atoms. The number of halogens is 3. The van der Waals surface area contributed by atoms with Gasteiger partial charge in [-0.2, -0.15) is 13.8 Å². The molecule has 7 nitrogen and oxygen atoms in total. The molecule has 8 rings (SSSR count). The molecule has 1 aromatic heterocycles. The van der Waals surface area contributed by atoms with E-state index in [-0.39, 0.29) is 23.7 Å². The van der Waals surface area contributed by atoms with Crippen molar-refractivity contribution in [3.05, 3.63) is 41.5 Å². The fourth-order valence-corrected chi connectivity index (χ4v) is 7.35. The number of benzene rings is 1. The molecular weight excluding hydrogens is 485 g/mol. The Morgan fingerprint density at radius 3 is 2.35 bits per heavy atom. The van der Waals surface area contributed by atoms with E-state index in [2.05, 4.69) is 10.1 Å². The molecule has 6 aliphatic rings. The summed E-state index contributed by atoms with van der Waals surface area (Å²) in [7, 11) is 0. The van der Waals surface area contributed by atoms with Crippen LogP contribution in [-0.4, -0.2) is 34.7 Å². The molecule has 0 aliphatic heterocycles. The number of aromatic nitrogens is 2. The predicted octanol–water partition coefficient (Wildman–Crippen LogP) is 5.04. The van der Waals surface area contributed by atoms with E-state index >= 15 is 0 Å². The van der Waals surface area contributed by atoms with Crippen LogP contribution in [0.25, 0.3) is 0 Å². The van der Waals surface area contributed by atoms with Gasteiger partial charge in [-0.1, -0.05) is 11.2 Å². The van der Waals surface area contributed by atoms with Gasteiger partial charge in [-0.05, 0) is 87.3 Å². The van der Waals surface area contributed by atoms with Gasteiger partial charge in [-0.25, -0.2) is 4.39 Å². The lowest BCUT2D eigenvalue weighted by Crippen LogP contribution is -2.54. The third-order valence-corrected chi connectivity index (χ3v) is 9.72. The molecule has 0 saturated heterocycles. The molecule has 6 aliphatic carbocycles. The average Bonchev–Trinajstić information content (AvgIpc) is 3.57. The summed E-state index contributed by atoms with van der Waals surface area (Å²) in [6, 6.07) is 6.78. The summed E-state index contributed by atoms with van der Waals surface area (Å²) in [5.74, 6) is -4.19. The maximum absolute atomic E-state index is 14.4. The number of carbonyl (C=O) groups excluding carboxylic acids is 2. The maximum Gasteiger partial charge on any atom is 0.322 e. The first-order chi connectivity index (χ1) is 17.4. The number of hydrogen-bond donors (Lipinski definition) is 1. The third kappa shape index (κ3) is 3.85. The second-order valence-corrected chi connectivity index (χ2v) is 12.1. The normalized spacial score (nSPS) is 34.3.